The van der Waals surface area contributed by atoms with E-state index in [9.17, 15) is 4.39 Å². The predicted octanol–water partition coefficient (Wildman–Crippen LogP) is 3.76. The molecule has 2 N–H and O–H groups in total. The average molecular weight is 353 g/mol. The molecule has 0 saturated carbocycles. The van der Waals surface area contributed by atoms with Crippen molar-refractivity contribution in [2.45, 2.75) is 32.9 Å². The molecule has 1 unspecified atom stereocenters. The second-order valence-corrected chi connectivity index (χ2v) is 6.06. The third-order valence-corrected chi connectivity index (χ3v) is 3.36. The first-order valence-electron chi connectivity index (χ1n) is 6.74. The van der Waals surface area contributed by atoms with Crippen LogP contribution in [0.1, 0.15) is 23.9 Å². The molecular weight excluding hydrogens is 335 g/mol. The molecule has 1 heterocycles. The van der Waals surface area contributed by atoms with E-state index in [-0.39, 0.29) is 18.5 Å². The Hall–Kier alpha value is -1.46. The summed E-state index contributed by atoms with van der Waals surface area (Å²) in [5.74, 6) is 0.402. The van der Waals surface area contributed by atoms with E-state index >= 15 is 0 Å². The minimum Gasteiger partial charge on any atom is -0.487 e. The maximum atomic E-state index is 13.3. The van der Waals surface area contributed by atoms with Crippen LogP contribution < -0.4 is 10.5 Å². The second-order valence-electron chi connectivity index (χ2n) is 5.15. The molecule has 0 aliphatic heterocycles. The number of nitrogens with zero attached hydrogens (tertiary/aromatic N) is 1. The normalized spacial score (nSPS) is 12.2. The van der Waals surface area contributed by atoms with Crippen LogP contribution in [0.3, 0.4) is 0 Å². The topological polar surface area (TPSA) is 48.1 Å². The zero-order valence-electron chi connectivity index (χ0n) is 12.1. The van der Waals surface area contributed by atoms with Gasteiger partial charge in [0.05, 0.1) is 5.69 Å². The highest BCUT2D eigenvalue weighted by Crippen LogP contribution is 2.21. The van der Waals surface area contributed by atoms with Gasteiger partial charge in [-0.15, -0.1) is 0 Å². The summed E-state index contributed by atoms with van der Waals surface area (Å²) in [7, 11) is 0. The Balaban J connectivity index is 2.15. The van der Waals surface area contributed by atoms with Gasteiger partial charge in [-0.2, -0.15) is 0 Å². The quantitative estimate of drug-likeness (QED) is 0.890. The van der Waals surface area contributed by atoms with Crippen molar-refractivity contribution >= 4 is 15.9 Å². The summed E-state index contributed by atoms with van der Waals surface area (Å²) in [5, 5.41) is 0. The lowest BCUT2D eigenvalue weighted by Crippen LogP contribution is -2.19. The van der Waals surface area contributed by atoms with Crippen molar-refractivity contribution in [3.8, 4) is 5.75 Å². The lowest BCUT2D eigenvalue weighted by atomic mass is 10.1. The summed E-state index contributed by atoms with van der Waals surface area (Å²) in [6.07, 6.45) is 0.643. The fourth-order valence-electron chi connectivity index (χ4n) is 2.04. The fourth-order valence-corrected chi connectivity index (χ4v) is 2.55. The molecule has 2 aromatic rings. The number of aryl methyl sites for hydroxylation is 1. The van der Waals surface area contributed by atoms with Gasteiger partial charge in [-0.25, -0.2) is 4.39 Å². The van der Waals surface area contributed by atoms with Crippen molar-refractivity contribution < 1.29 is 9.13 Å². The van der Waals surface area contributed by atoms with Gasteiger partial charge in [0.1, 0.15) is 18.2 Å². The van der Waals surface area contributed by atoms with Crippen molar-refractivity contribution in [1.82, 2.24) is 4.98 Å². The van der Waals surface area contributed by atoms with Gasteiger partial charge in [0, 0.05) is 22.6 Å². The molecule has 0 saturated heterocycles. The van der Waals surface area contributed by atoms with Crippen LogP contribution >= 0.6 is 15.9 Å². The monoisotopic (exact) mass is 352 g/mol. The van der Waals surface area contributed by atoms with E-state index in [2.05, 4.69) is 20.9 Å². The van der Waals surface area contributed by atoms with Crippen LogP contribution in [0.15, 0.2) is 34.8 Å². The summed E-state index contributed by atoms with van der Waals surface area (Å²) in [6, 6.07) is 8.48. The van der Waals surface area contributed by atoms with E-state index in [1.54, 1.807) is 0 Å². The number of pyridine rings is 1. The van der Waals surface area contributed by atoms with Gasteiger partial charge in [0.25, 0.3) is 0 Å². The number of hydrogen-bond acceptors (Lipinski definition) is 3. The lowest BCUT2D eigenvalue weighted by molar-refractivity contribution is 0.299. The van der Waals surface area contributed by atoms with Gasteiger partial charge in [-0.1, -0.05) is 15.9 Å². The van der Waals surface area contributed by atoms with Crippen molar-refractivity contribution in [1.29, 1.82) is 0 Å². The average Bonchev–Trinajstić information content (AvgIpc) is 2.36. The van der Waals surface area contributed by atoms with Crippen LogP contribution in [0.25, 0.3) is 0 Å². The molecule has 0 bridgehead atoms. The maximum Gasteiger partial charge on any atom is 0.141 e. The van der Waals surface area contributed by atoms with Gasteiger partial charge in [-0.05, 0) is 49.7 Å². The van der Waals surface area contributed by atoms with E-state index in [0.29, 0.717) is 16.6 Å². The van der Waals surface area contributed by atoms with Crippen LogP contribution in [-0.4, -0.2) is 11.0 Å². The van der Waals surface area contributed by atoms with Gasteiger partial charge in [0.2, 0.25) is 0 Å². The summed E-state index contributed by atoms with van der Waals surface area (Å²) in [4.78, 5) is 4.47. The Morgan fingerprint density at radius 1 is 1.33 bits per heavy atom. The van der Waals surface area contributed by atoms with E-state index in [1.807, 2.05) is 32.0 Å². The minimum absolute atomic E-state index is 0.00460. The van der Waals surface area contributed by atoms with Crippen LogP contribution in [0.2, 0.25) is 0 Å². The van der Waals surface area contributed by atoms with Crippen molar-refractivity contribution in [3.63, 3.8) is 0 Å². The first kappa shape index (κ1) is 15.9. The largest absolute Gasteiger partial charge is 0.487 e. The Bertz CT molecular complexity index is 611. The van der Waals surface area contributed by atoms with Crippen LogP contribution in [0.4, 0.5) is 4.39 Å². The molecule has 0 amide bonds. The highest BCUT2D eigenvalue weighted by molar-refractivity contribution is 9.10. The van der Waals surface area contributed by atoms with Gasteiger partial charge >= 0.3 is 0 Å². The Kier molecular flexibility index (Phi) is 5.31. The predicted molar refractivity (Wildman–Crippen MR) is 84.8 cm³/mol. The Labute approximate surface area is 132 Å². The number of hydrogen-bond donors (Lipinski definition) is 1. The van der Waals surface area contributed by atoms with Gasteiger partial charge < -0.3 is 10.5 Å². The lowest BCUT2D eigenvalue weighted by Gasteiger charge is -2.13. The highest BCUT2D eigenvalue weighted by Gasteiger charge is 2.09. The molecule has 2 rings (SSSR count). The molecule has 1 aromatic heterocycles. The SMILES string of the molecule is Cc1ccc(OCc2cc(F)cc(Br)c2)c(CC(C)N)n1. The van der Waals surface area contributed by atoms with E-state index in [4.69, 9.17) is 10.5 Å². The molecule has 5 heteroatoms. The van der Waals surface area contributed by atoms with Crippen molar-refractivity contribution in [2.24, 2.45) is 5.73 Å². The Morgan fingerprint density at radius 2 is 2.10 bits per heavy atom. The number of nitrogens with two attached hydrogens (primary N) is 1. The van der Waals surface area contributed by atoms with E-state index in [0.717, 1.165) is 17.0 Å². The molecule has 0 spiro atoms. The number of benzene rings is 1. The third kappa shape index (κ3) is 4.79. The third-order valence-electron chi connectivity index (χ3n) is 2.90. The summed E-state index contributed by atoms with van der Waals surface area (Å²) >= 11 is 3.27. The zero-order chi connectivity index (χ0) is 15.4. The number of rotatable bonds is 5. The molecule has 112 valence electrons. The first-order chi connectivity index (χ1) is 9.94. The summed E-state index contributed by atoms with van der Waals surface area (Å²) < 4.78 is 19.8. The molecular formula is C16H18BrFN2O. The zero-order valence-corrected chi connectivity index (χ0v) is 13.7. The Morgan fingerprint density at radius 3 is 2.76 bits per heavy atom. The van der Waals surface area contributed by atoms with Gasteiger partial charge in [-0.3, -0.25) is 4.98 Å². The molecule has 0 aliphatic carbocycles. The smallest absolute Gasteiger partial charge is 0.141 e. The second kappa shape index (κ2) is 7.00. The highest BCUT2D eigenvalue weighted by atomic mass is 79.9. The number of halogens is 2. The van der Waals surface area contributed by atoms with Crippen molar-refractivity contribution in [2.75, 3.05) is 0 Å². The molecule has 0 aliphatic rings. The van der Waals surface area contributed by atoms with E-state index in [1.165, 1.54) is 12.1 Å². The molecule has 0 fully saturated rings. The van der Waals surface area contributed by atoms with Crippen LogP contribution in [-0.2, 0) is 13.0 Å². The summed E-state index contributed by atoms with van der Waals surface area (Å²) in [5.41, 5.74) is 8.35. The maximum absolute atomic E-state index is 13.3. The molecule has 21 heavy (non-hydrogen) atoms. The van der Waals surface area contributed by atoms with E-state index < -0.39 is 0 Å². The fraction of sp³-hybridized carbons (Fsp3) is 0.312. The van der Waals surface area contributed by atoms with Crippen LogP contribution in [0, 0.1) is 12.7 Å². The summed E-state index contributed by atoms with van der Waals surface area (Å²) in [6.45, 7) is 4.14. The van der Waals surface area contributed by atoms with Crippen LogP contribution in [0.5, 0.6) is 5.75 Å². The molecule has 0 radical (unpaired) electrons. The first-order valence-corrected chi connectivity index (χ1v) is 7.53. The number of aromatic nitrogens is 1. The van der Waals surface area contributed by atoms with Gasteiger partial charge in [0.15, 0.2) is 0 Å². The minimum atomic E-state index is -0.291. The molecule has 1 atom stereocenters. The number of ether oxygens (including phenoxy) is 1. The molecule has 3 nitrogen and oxygen atoms in total. The van der Waals surface area contributed by atoms with Crippen molar-refractivity contribution in [3.05, 3.63) is 57.6 Å². The molecule has 1 aromatic carbocycles. The standard InChI is InChI=1S/C16H18BrFN2O/c1-10(19)5-15-16(4-3-11(2)20-15)21-9-12-6-13(17)8-14(18)7-12/h3-4,6-8,10H,5,9,19H2,1-2H3.